The van der Waals surface area contributed by atoms with E-state index in [2.05, 4.69) is 40.4 Å². The van der Waals surface area contributed by atoms with Crippen LogP contribution in [-0.2, 0) is 0 Å². The Morgan fingerprint density at radius 3 is 0.895 bits per heavy atom. The molecule has 5 N–H and O–H groups in total. The number of hydrogen-bond acceptors (Lipinski definition) is 2. The summed E-state index contributed by atoms with van der Waals surface area (Å²) in [6, 6.07) is 0. The molecule has 0 fully saturated rings. The van der Waals surface area contributed by atoms with Crippen molar-refractivity contribution in [2.75, 3.05) is 32.7 Å². The third-order valence-corrected chi connectivity index (χ3v) is 3.15. The maximum absolute atomic E-state index is 3.60. The fourth-order valence-electron chi connectivity index (χ4n) is 2.57. The van der Waals surface area contributed by atoms with E-state index in [9.17, 15) is 0 Å². The van der Waals surface area contributed by atoms with Gasteiger partial charge in [0.05, 0.1) is 32.7 Å². The number of rotatable bonds is 9. The summed E-state index contributed by atoms with van der Waals surface area (Å²) in [5, 5.41) is 0. The van der Waals surface area contributed by atoms with Crippen molar-refractivity contribution in [1.29, 1.82) is 0 Å². The monoisotopic (exact) mass is 280 g/mol. The van der Waals surface area contributed by atoms with Crippen molar-refractivity contribution in [1.82, 2.24) is 0 Å². The van der Waals surface area contributed by atoms with Crippen LogP contribution in [0.15, 0.2) is 0 Å². The lowest BCUT2D eigenvalue weighted by atomic mass is 10.2. The summed E-state index contributed by atoms with van der Waals surface area (Å²) < 4.78 is 1.38. The summed E-state index contributed by atoms with van der Waals surface area (Å²) in [6.45, 7) is 18.0. The van der Waals surface area contributed by atoms with Gasteiger partial charge in [0.2, 0.25) is 0 Å². The van der Waals surface area contributed by atoms with E-state index in [1.165, 1.54) is 62.8 Å². The van der Waals surface area contributed by atoms with Crippen molar-refractivity contribution >= 4 is 0 Å². The second kappa shape index (κ2) is 20.2. The summed E-state index contributed by atoms with van der Waals surface area (Å²) >= 11 is 0. The Hall–Kier alpha value is -0.160. The fraction of sp³-hybridized carbons (Fsp3) is 1.00. The minimum absolute atomic E-state index is 0. The maximum Gasteiger partial charge on any atom is 0.0783 e. The zero-order valence-electron chi connectivity index (χ0n) is 14.1. The molecule has 0 amide bonds. The molecule has 0 heterocycles. The summed E-state index contributed by atoms with van der Waals surface area (Å²) in [6.07, 6.45) is 6.54. The van der Waals surface area contributed by atoms with Crippen LogP contribution in [-0.4, -0.2) is 48.2 Å². The molecule has 0 aromatic rings. The Balaban J connectivity index is -0.000000165. The summed E-state index contributed by atoms with van der Waals surface area (Å²) in [7, 11) is 0. The van der Waals surface area contributed by atoms with E-state index in [0.717, 1.165) is 6.54 Å². The van der Waals surface area contributed by atoms with Crippen LogP contribution < -0.4 is 5.73 Å². The quantitative estimate of drug-likeness (QED) is 0.658. The van der Waals surface area contributed by atoms with Gasteiger partial charge in [-0.3, -0.25) is 0 Å². The lowest BCUT2D eigenvalue weighted by molar-refractivity contribution is -0.928. The smallest absolute Gasteiger partial charge is 0.0783 e. The van der Waals surface area contributed by atoms with Crippen molar-refractivity contribution in [2.24, 2.45) is 0 Å². The van der Waals surface area contributed by atoms with Crippen LogP contribution in [0.1, 0.15) is 66.7 Å². The van der Waals surface area contributed by atoms with Crippen LogP contribution in [0, 0.1) is 0 Å². The molecule has 0 aromatic heterocycles. The van der Waals surface area contributed by atoms with E-state index in [-0.39, 0.29) is 11.0 Å². The van der Waals surface area contributed by atoms with Gasteiger partial charge in [-0.25, -0.2) is 0 Å². The average molecular weight is 280 g/mol. The fourth-order valence-corrected chi connectivity index (χ4v) is 2.57. The van der Waals surface area contributed by atoms with Gasteiger partial charge in [-0.15, -0.1) is 0 Å². The first kappa shape index (κ1) is 27.2. The van der Waals surface area contributed by atoms with Crippen molar-refractivity contribution in [3.8, 4) is 0 Å². The van der Waals surface area contributed by atoms with Crippen molar-refractivity contribution < 1.29 is 21.2 Å². The highest BCUT2D eigenvalue weighted by molar-refractivity contribution is 4.43. The minimum Gasteiger partial charge on any atom is -0.870 e. The van der Waals surface area contributed by atoms with Crippen molar-refractivity contribution in [3.05, 3.63) is 0 Å². The minimum atomic E-state index is 0. The Bertz CT molecular complexity index is 113. The molecule has 0 atom stereocenters. The Morgan fingerprint density at radius 2 is 0.789 bits per heavy atom. The highest BCUT2D eigenvalue weighted by atomic mass is 16.0. The van der Waals surface area contributed by atoms with Gasteiger partial charge in [0.25, 0.3) is 0 Å². The van der Waals surface area contributed by atoms with Crippen LogP contribution in [0.25, 0.3) is 0 Å². The van der Waals surface area contributed by atoms with Crippen molar-refractivity contribution in [3.63, 3.8) is 0 Å². The topological polar surface area (TPSA) is 87.6 Å². The van der Waals surface area contributed by atoms with Gasteiger partial charge >= 0.3 is 0 Å². The van der Waals surface area contributed by atoms with Crippen LogP contribution >= 0.6 is 0 Å². The first-order valence-corrected chi connectivity index (χ1v) is 7.80. The summed E-state index contributed by atoms with van der Waals surface area (Å²) in [5.41, 5.74) is 3.60. The third kappa shape index (κ3) is 15.8. The summed E-state index contributed by atoms with van der Waals surface area (Å²) in [5.74, 6) is 0. The highest BCUT2D eigenvalue weighted by Gasteiger charge is 2.22. The normalized spacial score (nSPS) is 9.79. The van der Waals surface area contributed by atoms with Gasteiger partial charge in [0, 0.05) is 0 Å². The molecule has 0 aliphatic carbocycles. The molecule has 0 unspecified atom stereocenters. The molecule has 0 aromatic carbocycles. The molecule has 0 spiro atoms. The second-order valence-corrected chi connectivity index (χ2v) is 5.09. The van der Waals surface area contributed by atoms with Crippen LogP contribution in [0.2, 0.25) is 0 Å². The second-order valence-electron chi connectivity index (χ2n) is 5.09. The van der Waals surface area contributed by atoms with E-state index in [1.54, 1.807) is 0 Å². The molecule has 0 saturated carbocycles. The van der Waals surface area contributed by atoms with E-state index in [1.807, 2.05) is 0 Å². The molecule has 0 rings (SSSR count). The predicted octanol–water partition coefficient (Wildman–Crippen LogP) is 2.73. The van der Waals surface area contributed by atoms with Gasteiger partial charge in [0.1, 0.15) is 0 Å². The number of hydrogen-bond donors (Lipinski definition) is 1. The standard InChI is InChI=1S/C12H28N.C3H9N.2H2O/c1-5-9-13(10-6-2,11-7-3)12-8-4;1-2-3-4;;/h5-12H2,1-4H3;2-4H2,1H3;2*1H2/q+1;;;/p-1. The van der Waals surface area contributed by atoms with Gasteiger partial charge < -0.3 is 21.2 Å². The molecule has 122 valence electrons. The zero-order chi connectivity index (χ0) is 13.6. The molecule has 0 radical (unpaired) electrons. The molecule has 0 aliphatic heterocycles. The zero-order valence-corrected chi connectivity index (χ0v) is 14.1. The van der Waals surface area contributed by atoms with Crippen LogP contribution in [0.5, 0.6) is 0 Å². The van der Waals surface area contributed by atoms with Crippen LogP contribution in [0.4, 0.5) is 0 Å². The molecule has 0 aliphatic rings. The summed E-state index contributed by atoms with van der Waals surface area (Å²) in [4.78, 5) is 0. The molecule has 0 saturated heterocycles. The van der Waals surface area contributed by atoms with Gasteiger partial charge in [-0.2, -0.15) is 0 Å². The Morgan fingerprint density at radius 1 is 0.579 bits per heavy atom. The third-order valence-electron chi connectivity index (χ3n) is 3.15. The molecular weight excluding hydrogens is 240 g/mol. The van der Waals surface area contributed by atoms with E-state index >= 15 is 0 Å². The molecule has 19 heavy (non-hydrogen) atoms. The highest BCUT2D eigenvalue weighted by Crippen LogP contribution is 2.12. The molecule has 4 nitrogen and oxygen atoms in total. The Labute approximate surface area is 121 Å². The largest absolute Gasteiger partial charge is 0.870 e. The molecular formula is C15H40N2O2. The van der Waals surface area contributed by atoms with Gasteiger partial charge in [0.15, 0.2) is 0 Å². The number of nitrogens with zero attached hydrogens (tertiary/aromatic N) is 1. The maximum atomic E-state index is 3.60. The Kier molecular flexibility index (Phi) is 28.9. The molecule has 0 bridgehead atoms. The first-order chi connectivity index (χ1) is 8.16. The van der Waals surface area contributed by atoms with E-state index < -0.39 is 0 Å². The number of quaternary nitrogens is 2. The van der Waals surface area contributed by atoms with Crippen LogP contribution in [0.3, 0.4) is 0 Å². The van der Waals surface area contributed by atoms with E-state index in [4.69, 9.17) is 0 Å². The van der Waals surface area contributed by atoms with Gasteiger partial charge in [-0.1, -0.05) is 34.6 Å². The molecule has 4 heteroatoms. The first-order valence-electron chi connectivity index (χ1n) is 7.80. The lowest BCUT2D eigenvalue weighted by Gasteiger charge is -2.38. The lowest BCUT2D eigenvalue weighted by Crippen LogP contribution is -2.50. The van der Waals surface area contributed by atoms with Crippen molar-refractivity contribution in [2.45, 2.75) is 66.7 Å². The van der Waals surface area contributed by atoms with E-state index in [0.29, 0.717) is 0 Å². The predicted molar refractivity (Wildman–Crippen MR) is 82.8 cm³/mol. The SMILES string of the molecule is CCC[N+](CCC)(CCC)CCC.CCC[NH3+].[OH-].[OH-]. The van der Waals surface area contributed by atoms with Gasteiger partial charge in [-0.05, 0) is 32.1 Å². The average Bonchev–Trinajstić information content (AvgIpc) is 2.31.